The Hall–Kier alpha value is -3.84. The number of nitrogens with one attached hydrogen (secondary N) is 2. The van der Waals surface area contributed by atoms with E-state index in [0.717, 1.165) is 16.7 Å². The molecule has 0 saturated heterocycles. The highest BCUT2D eigenvalue weighted by Crippen LogP contribution is 2.22. The van der Waals surface area contributed by atoms with Crippen LogP contribution in [0.4, 0.5) is 5.69 Å². The van der Waals surface area contributed by atoms with Gasteiger partial charge in [0.15, 0.2) is 6.61 Å². The van der Waals surface area contributed by atoms with Crippen molar-refractivity contribution in [3.8, 4) is 5.75 Å². The summed E-state index contributed by atoms with van der Waals surface area (Å²) < 4.78 is 5.84. The molecule has 0 saturated carbocycles. The maximum Gasteiger partial charge on any atom is 0.258 e. The van der Waals surface area contributed by atoms with Gasteiger partial charge >= 0.3 is 0 Å². The number of rotatable bonds is 13. The van der Waals surface area contributed by atoms with E-state index in [2.05, 4.69) is 24.5 Å². The number of hydrogen-bond donors (Lipinski definition) is 4. The standard InChI is InChI=1S/C32H41N3O4/c1-21(2)16-27(34-32(38)25-14-9-15-26(33)18-25)19-29(36)28(17-24-12-6-5-7-13-24)35-30(37)20-39-31-22(3)10-8-11-23(31)4/h5-15,18,21,27-29,36H,16-17,19-20,33H2,1-4H3,(H,34,38)(H,35,37). The van der Waals surface area contributed by atoms with Crippen LogP contribution in [0.2, 0.25) is 0 Å². The molecule has 0 spiro atoms. The summed E-state index contributed by atoms with van der Waals surface area (Å²) in [6.45, 7) is 7.86. The van der Waals surface area contributed by atoms with Gasteiger partial charge in [0.25, 0.3) is 11.8 Å². The molecule has 2 amide bonds. The first-order chi connectivity index (χ1) is 18.6. The molecular weight excluding hydrogens is 490 g/mol. The Morgan fingerprint density at radius 3 is 2.21 bits per heavy atom. The summed E-state index contributed by atoms with van der Waals surface area (Å²) in [5, 5.41) is 17.4. The van der Waals surface area contributed by atoms with Crippen LogP contribution in [0.3, 0.4) is 0 Å². The number of aryl methyl sites for hydroxylation is 2. The molecule has 0 aliphatic heterocycles. The second-order valence-electron chi connectivity index (χ2n) is 10.6. The number of nitrogens with two attached hydrogens (primary N) is 1. The Kier molecular flexibility index (Phi) is 10.9. The molecule has 39 heavy (non-hydrogen) atoms. The van der Waals surface area contributed by atoms with Crippen LogP contribution in [0.15, 0.2) is 72.8 Å². The van der Waals surface area contributed by atoms with E-state index in [1.54, 1.807) is 24.3 Å². The van der Waals surface area contributed by atoms with Crippen LogP contribution in [0, 0.1) is 19.8 Å². The molecule has 7 nitrogen and oxygen atoms in total. The number of carbonyl (C=O) groups is 2. The fourth-order valence-electron chi connectivity index (χ4n) is 4.75. The molecule has 0 fully saturated rings. The minimum atomic E-state index is -0.903. The Morgan fingerprint density at radius 2 is 1.56 bits per heavy atom. The number of ether oxygens (including phenoxy) is 1. The fourth-order valence-corrected chi connectivity index (χ4v) is 4.75. The van der Waals surface area contributed by atoms with Gasteiger partial charge in [-0.25, -0.2) is 0 Å². The van der Waals surface area contributed by atoms with Crippen LogP contribution >= 0.6 is 0 Å². The summed E-state index contributed by atoms with van der Waals surface area (Å²) in [6, 6.07) is 21.5. The number of nitrogen functional groups attached to an aromatic ring is 1. The van der Waals surface area contributed by atoms with E-state index < -0.39 is 12.1 Å². The zero-order valence-corrected chi connectivity index (χ0v) is 23.3. The lowest BCUT2D eigenvalue weighted by Gasteiger charge is -2.29. The van der Waals surface area contributed by atoms with E-state index in [4.69, 9.17) is 10.5 Å². The number of aliphatic hydroxyl groups is 1. The van der Waals surface area contributed by atoms with Gasteiger partial charge in [0, 0.05) is 17.3 Å². The summed E-state index contributed by atoms with van der Waals surface area (Å²) >= 11 is 0. The largest absolute Gasteiger partial charge is 0.483 e. The maximum atomic E-state index is 13.0. The molecule has 3 rings (SSSR count). The van der Waals surface area contributed by atoms with Crippen molar-refractivity contribution in [3.05, 3.63) is 95.1 Å². The van der Waals surface area contributed by atoms with Crippen LogP contribution in [0.1, 0.15) is 53.7 Å². The quantitative estimate of drug-likeness (QED) is 0.241. The van der Waals surface area contributed by atoms with Crippen molar-refractivity contribution in [1.29, 1.82) is 0 Å². The molecule has 7 heteroatoms. The Bertz CT molecular complexity index is 1210. The molecule has 0 bridgehead atoms. The number of para-hydroxylation sites is 1. The van der Waals surface area contributed by atoms with E-state index in [0.29, 0.717) is 29.8 Å². The molecule has 208 valence electrons. The predicted molar refractivity (Wildman–Crippen MR) is 156 cm³/mol. The zero-order chi connectivity index (χ0) is 28.4. The van der Waals surface area contributed by atoms with Gasteiger partial charge in [0.2, 0.25) is 0 Å². The first kappa shape index (κ1) is 29.7. The molecule has 3 aromatic carbocycles. The molecular formula is C32H41N3O4. The van der Waals surface area contributed by atoms with Crippen molar-refractivity contribution in [2.24, 2.45) is 5.92 Å². The summed E-state index contributed by atoms with van der Waals surface area (Å²) in [5.41, 5.74) is 9.73. The van der Waals surface area contributed by atoms with Gasteiger partial charge in [-0.05, 0) is 73.9 Å². The molecule has 0 aliphatic carbocycles. The molecule has 3 unspecified atom stereocenters. The maximum absolute atomic E-state index is 13.0. The van der Waals surface area contributed by atoms with E-state index in [1.165, 1.54) is 0 Å². The average molecular weight is 532 g/mol. The van der Waals surface area contributed by atoms with Crippen molar-refractivity contribution in [3.63, 3.8) is 0 Å². The average Bonchev–Trinajstić information content (AvgIpc) is 2.88. The number of anilines is 1. The Morgan fingerprint density at radius 1 is 0.897 bits per heavy atom. The van der Waals surface area contributed by atoms with Gasteiger partial charge in [0.1, 0.15) is 5.75 Å². The number of hydrogen-bond acceptors (Lipinski definition) is 5. The lowest BCUT2D eigenvalue weighted by molar-refractivity contribution is -0.124. The minimum Gasteiger partial charge on any atom is -0.483 e. The summed E-state index contributed by atoms with van der Waals surface area (Å²) in [7, 11) is 0. The Labute approximate surface area is 231 Å². The minimum absolute atomic E-state index is 0.161. The highest BCUT2D eigenvalue weighted by molar-refractivity contribution is 5.95. The van der Waals surface area contributed by atoms with Gasteiger partial charge in [-0.2, -0.15) is 0 Å². The van der Waals surface area contributed by atoms with E-state index >= 15 is 0 Å². The summed E-state index contributed by atoms with van der Waals surface area (Å²) in [6.07, 6.45) is 0.489. The van der Waals surface area contributed by atoms with Gasteiger partial charge in [0.05, 0.1) is 12.1 Å². The second kappa shape index (κ2) is 14.4. The predicted octanol–water partition coefficient (Wildman–Crippen LogP) is 4.59. The fraction of sp³-hybridized carbons (Fsp3) is 0.375. The van der Waals surface area contributed by atoms with Gasteiger partial charge < -0.3 is 26.2 Å². The third-order valence-corrected chi connectivity index (χ3v) is 6.63. The molecule has 3 aromatic rings. The third-order valence-electron chi connectivity index (χ3n) is 6.63. The normalized spacial score (nSPS) is 13.4. The van der Waals surface area contributed by atoms with Crippen molar-refractivity contribution < 1.29 is 19.4 Å². The number of benzene rings is 3. The molecule has 3 atom stereocenters. The van der Waals surface area contributed by atoms with Crippen LogP contribution < -0.4 is 21.1 Å². The lowest BCUT2D eigenvalue weighted by Crippen LogP contribution is -2.49. The zero-order valence-electron chi connectivity index (χ0n) is 23.3. The second-order valence-corrected chi connectivity index (χ2v) is 10.6. The van der Waals surface area contributed by atoms with Crippen molar-refractivity contribution >= 4 is 17.5 Å². The molecule has 0 aromatic heterocycles. The van der Waals surface area contributed by atoms with Crippen molar-refractivity contribution in [2.75, 3.05) is 12.3 Å². The third kappa shape index (κ3) is 9.45. The SMILES string of the molecule is Cc1cccc(C)c1OCC(=O)NC(Cc1ccccc1)C(O)CC(CC(C)C)NC(=O)c1cccc(N)c1. The Balaban J connectivity index is 1.72. The van der Waals surface area contributed by atoms with Crippen molar-refractivity contribution in [1.82, 2.24) is 10.6 Å². The van der Waals surface area contributed by atoms with Crippen LogP contribution in [0.25, 0.3) is 0 Å². The van der Waals surface area contributed by atoms with Crippen LogP contribution in [-0.2, 0) is 11.2 Å². The topological polar surface area (TPSA) is 114 Å². The van der Waals surface area contributed by atoms with E-state index in [1.807, 2.05) is 62.4 Å². The molecule has 0 aliphatic rings. The van der Waals surface area contributed by atoms with E-state index in [-0.39, 0.29) is 36.8 Å². The highest BCUT2D eigenvalue weighted by Gasteiger charge is 2.27. The number of aliphatic hydroxyl groups excluding tert-OH is 1. The smallest absolute Gasteiger partial charge is 0.258 e. The van der Waals surface area contributed by atoms with Gasteiger partial charge in [-0.15, -0.1) is 0 Å². The molecule has 5 N–H and O–H groups in total. The molecule has 0 heterocycles. The first-order valence-electron chi connectivity index (χ1n) is 13.5. The monoisotopic (exact) mass is 531 g/mol. The highest BCUT2D eigenvalue weighted by atomic mass is 16.5. The van der Waals surface area contributed by atoms with Gasteiger partial charge in [-0.3, -0.25) is 9.59 Å². The number of amides is 2. The van der Waals surface area contributed by atoms with E-state index in [9.17, 15) is 14.7 Å². The number of carbonyl (C=O) groups excluding carboxylic acids is 2. The first-order valence-corrected chi connectivity index (χ1v) is 13.5. The van der Waals surface area contributed by atoms with Gasteiger partial charge in [-0.1, -0.05) is 68.4 Å². The molecule has 0 radical (unpaired) electrons. The van der Waals surface area contributed by atoms with Crippen molar-refractivity contribution in [2.45, 2.75) is 65.1 Å². The van der Waals surface area contributed by atoms with Crippen LogP contribution in [-0.4, -0.2) is 41.7 Å². The summed E-state index contributed by atoms with van der Waals surface area (Å²) in [5.74, 6) is 0.415. The summed E-state index contributed by atoms with van der Waals surface area (Å²) in [4.78, 5) is 25.9. The van der Waals surface area contributed by atoms with Crippen LogP contribution in [0.5, 0.6) is 5.75 Å². The lowest BCUT2D eigenvalue weighted by atomic mass is 9.92.